The van der Waals surface area contributed by atoms with E-state index in [4.69, 9.17) is 0 Å². The Balaban J connectivity index is 2.17. The second-order valence-corrected chi connectivity index (χ2v) is 5.74. The van der Waals surface area contributed by atoms with Gasteiger partial charge in [0, 0.05) is 37.5 Å². The summed E-state index contributed by atoms with van der Waals surface area (Å²) in [5, 5.41) is 6.76. The van der Waals surface area contributed by atoms with Crippen molar-refractivity contribution >= 4 is 34.2 Å². The maximum atomic E-state index is 11.6. The normalized spacial score (nSPS) is 10.6. The van der Waals surface area contributed by atoms with E-state index in [1.54, 1.807) is 0 Å². The number of hydrogen-bond donors (Lipinski definition) is 2. The third-order valence-electron chi connectivity index (χ3n) is 3.90. The molecule has 5 nitrogen and oxygen atoms in total. The molecule has 0 aliphatic rings. The Morgan fingerprint density at radius 3 is 2.12 bits per heavy atom. The summed E-state index contributed by atoms with van der Waals surface area (Å²) in [5.74, 6) is 0.542. The highest BCUT2D eigenvalue weighted by molar-refractivity contribution is 6.06. The number of nitrogens with one attached hydrogen (secondary N) is 2. The van der Waals surface area contributed by atoms with E-state index in [0.29, 0.717) is 0 Å². The van der Waals surface area contributed by atoms with E-state index in [1.165, 1.54) is 13.8 Å². The molecule has 0 radical (unpaired) electrons. The van der Waals surface area contributed by atoms with Crippen LogP contribution in [0.5, 0.6) is 0 Å². The van der Waals surface area contributed by atoms with E-state index < -0.39 is 0 Å². The van der Waals surface area contributed by atoms with Crippen molar-refractivity contribution in [2.24, 2.45) is 7.05 Å². The molecule has 24 heavy (non-hydrogen) atoms. The number of anilines is 2. The third-order valence-corrected chi connectivity index (χ3v) is 3.90. The average Bonchev–Trinajstić information content (AvgIpc) is 2.80. The molecular weight excluding hydrogens is 302 g/mol. The molecule has 0 fully saturated rings. The van der Waals surface area contributed by atoms with Gasteiger partial charge < -0.3 is 15.2 Å². The molecule has 0 atom stereocenters. The van der Waals surface area contributed by atoms with Crippen LogP contribution in [-0.2, 0) is 16.6 Å². The molecule has 0 aliphatic heterocycles. The molecule has 0 bridgehead atoms. The summed E-state index contributed by atoms with van der Waals surface area (Å²) in [6.45, 7) is 2.98. The van der Waals surface area contributed by atoms with E-state index in [0.717, 1.165) is 33.5 Å². The maximum Gasteiger partial charge on any atom is 0.222 e. The molecule has 0 spiro atoms. The van der Waals surface area contributed by atoms with Gasteiger partial charge >= 0.3 is 0 Å². The summed E-state index contributed by atoms with van der Waals surface area (Å²) in [5.41, 5.74) is 3.73. The lowest BCUT2D eigenvalue weighted by molar-refractivity contribution is -0.115. The monoisotopic (exact) mass is 321 g/mol. The first-order valence-electron chi connectivity index (χ1n) is 7.70. The van der Waals surface area contributed by atoms with E-state index in [-0.39, 0.29) is 11.8 Å². The van der Waals surface area contributed by atoms with Gasteiger partial charge in [0.25, 0.3) is 0 Å². The molecule has 3 aromatic rings. The molecule has 3 rings (SSSR count). The molecule has 0 unspecified atom stereocenters. The van der Waals surface area contributed by atoms with Gasteiger partial charge in [-0.05, 0) is 23.8 Å². The zero-order chi connectivity index (χ0) is 17.3. The number of nitrogens with zero attached hydrogens (tertiary/aromatic N) is 1. The second-order valence-electron chi connectivity index (χ2n) is 5.74. The molecule has 1 aromatic heterocycles. The number of carbonyl (C=O) groups excluding carboxylic acids is 2. The Morgan fingerprint density at radius 2 is 1.50 bits per heavy atom. The fourth-order valence-corrected chi connectivity index (χ4v) is 2.92. The van der Waals surface area contributed by atoms with Gasteiger partial charge in [-0.2, -0.15) is 0 Å². The van der Waals surface area contributed by atoms with Crippen molar-refractivity contribution in [3.05, 3.63) is 48.5 Å². The number of carbonyl (C=O) groups is 2. The maximum absolute atomic E-state index is 11.6. The number of aryl methyl sites for hydroxylation is 1. The molecule has 122 valence electrons. The van der Waals surface area contributed by atoms with Crippen molar-refractivity contribution in [1.29, 1.82) is 0 Å². The van der Waals surface area contributed by atoms with Gasteiger partial charge in [0.2, 0.25) is 11.8 Å². The standard InChI is InChI=1S/C19H19N3O2/c1-12(23)20-15-10-8-14(9-11-15)18-16-6-4-5-7-17(16)22(3)19(18)21-13(2)24/h4-11H,1-3H3,(H,20,23)(H,21,24). The lowest BCUT2D eigenvalue weighted by atomic mass is 10.0. The minimum absolute atomic E-state index is 0.105. The van der Waals surface area contributed by atoms with Gasteiger partial charge in [-0.1, -0.05) is 30.3 Å². The van der Waals surface area contributed by atoms with Crippen LogP contribution < -0.4 is 10.6 Å². The number of para-hydroxylation sites is 1. The Bertz CT molecular complexity index is 924. The predicted octanol–water partition coefficient (Wildman–Crippen LogP) is 3.76. The zero-order valence-electron chi connectivity index (χ0n) is 13.9. The van der Waals surface area contributed by atoms with Crippen molar-refractivity contribution in [2.75, 3.05) is 10.6 Å². The van der Waals surface area contributed by atoms with E-state index >= 15 is 0 Å². The van der Waals surface area contributed by atoms with Gasteiger partial charge in [0.15, 0.2) is 0 Å². The highest BCUT2D eigenvalue weighted by Gasteiger charge is 2.17. The number of fused-ring (bicyclic) bond motifs is 1. The van der Waals surface area contributed by atoms with Gasteiger partial charge in [-0.15, -0.1) is 0 Å². The molecule has 5 heteroatoms. The Kier molecular flexibility index (Phi) is 4.08. The Labute approximate surface area is 140 Å². The van der Waals surface area contributed by atoms with E-state index in [9.17, 15) is 9.59 Å². The van der Waals surface area contributed by atoms with Crippen LogP contribution in [0.25, 0.3) is 22.0 Å². The highest BCUT2D eigenvalue weighted by Crippen LogP contribution is 2.38. The molecule has 1 heterocycles. The second kappa shape index (κ2) is 6.20. The van der Waals surface area contributed by atoms with Crippen LogP contribution in [0, 0.1) is 0 Å². The van der Waals surface area contributed by atoms with E-state index in [1.807, 2.05) is 60.1 Å². The summed E-state index contributed by atoms with van der Waals surface area (Å²) in [6, 6.07) is 15.6. The molecule has 0 saturated heterocycles. The van der Waals surface area contributed by atoms with Crippen LogP contribution in [-0.4, -0.2) is 16.4 Å². The first-order valence-corrected chi connectivity index (χ1v) is 7.70. The number of amides is 2. The Morgan fingerprint density at radius 1 is 0.875 bits per heavy atom. The molecule has 2 aromatic carbocycles. The summed E-state index contributed by atoms with van der Waals surface area (Å²) >= 11 is 0. The van der Waals surface area contributed by atoms with Crippen molar-refractivity contribution in [1.82, 2.24) is 4.57 Å². The number of rotatable bonds is 3. The van der Waals surface area contributed by atoms with Crippen molar-refractivity contribution in [3.8, 4) is 11.1 Å². The first kappa shape index (κ1) is 15.8. The zero-order valence-corrected chi connectivity index (χ0v) is 13.9. The topological polar surface area (TPSA) is 63.1 Å². The van der Waals surface area contributed by atoms with Crippen LogP contribution >= 0.6 is 0 Å². The van der Waals surface area contributed by atoms with E-state index in [2.05, 4.69) is 10.6 Å². The van der Waals surface area contributed by atoms with Gasteiger partial charge in [0.05, 0.1) is 5.52 Å². The van der Waals surface area contributed by atoms with Gasteiger partial charge in [-0.25, -0.2) is 0 Å². The van der Waals surface area contributed by atoms with Crippen LogP contribution in [0.3, 0.4) is 0 Å². The largest absolute Gasteiger partial charge is 0.330 e. The number of benzene rings is 2. The number of aromatic nitrogens is 1. The van der Waals surface area contributed by atoms with Crippen LogP contribution in [0.15, 0.2) is 48.5 Å². The number of hydrogen-bond acceptors (Lipinski definition) is 2. The fourth-order valence-electron chi connectivity index (χ4n) is 2.92. The average molecular weight is 321 g/mol. The van der Waals surface area contributed by atoms with Crippen LogP contribution in [0.1, 0.15) is 13.8 Å². The summed E-state index contributed by atoms with van der Waals surface area (Å²) in [7, 11) is 1.93. The smallest absolute Gasteiger partial charge is 0.222 e. The molecular formula is C19H19N3O2. The molecule has 2 amide bonds. The van der Waals surface area contributed by atoms with Crippen molar-refractivity contribution in [2.45, 2.75) is 13.8 Å². The SMILES string of the molecule is CC(=O)Nc1ccc(-c2c(NC(C)=O)n(C)c3ccccc23)cc1. The quantitative estimate of drug-likeness (QED) is 0.771. The van der Waals surface area contributed by atoms with Crippen molar-refractivity contribution < 1.29 is 9.59 Å². The third kappa shape index (κ3) is 2.88. The van der Waals surface area contributed by atoms with Crippen LogP contribution in [0.4, 0.5) is 11.5 Å². The highest BCUT2D eigenvalue weighted by atomic mass is 16.2. The molecule has 2 N–H and O–H groups in total. The Hall–Kier alpha value is -3.08. The lowest BCUT2D eigenvalue weighted by Crippen LogP contribution is -2.10. The summed E-state index contributed by atoms with van der Waals surface area (Å²) in [6.07, 6.45) is 0. The summed E-state index contributed by atoms with van der Waals surface area (Å²) < 4.78 is 1.98. The summed E-state index contributed by atoms with van der Waals surface area (Å²) in [4.78, 5) is 22.8. The fraction of sp³-hybridized carbons (Fsp3) is 0.158. The minimum Gasteiger partial charge on any atom is -0.330 e. The predicted molar refractivity (Wildman–Crippen MR) is 97.0 cm³/mol. The van der Waals surface area contributed by atoms with Gasteiger partial charge in [-0.3, -0.25) is 9.59 Å². The van der Waals surface area contributed by atoms with Crippen LogP contribution in [0.2, 0.25) is 0 Å². The minimum atomic E-state index is -0.114. The lowest BCUT2D eigenvalue weighted by Gasteiger charge is -2.09. The first-order chi connectivity index (χ1) is 11.5. The van der Waals surface area contributed by atoms with Crippen molar-refractivity contribution in [3.63, 3.8) is 0 Å². The molecule has 0 saturated carbocycles. The molecule has 0 aliphatic carbocycles. The van der Waals surface area contributed by atoms with Gasteiger partial charge in [0.1, 0.15) is 5.82 Å².